The van der Waals surface area contributed by atoms with Crippen molar-refractivity contribution in [3.05, 3.63) is 167 Å². The van der Waals surface area contributed by atoms with Crippen molar-refractivity contribution < 1.29 is 59.5 Å². The third-order valence-electron chi connectivity index (χ3n) is 8.18. The Bertz CT molecular complexity index is 2500. The van der Waals surface area contributed by atoms with Crippen LogP contribution in [0.25, 0.3) is 22.1 Å². The van der Waals surface area contributed by atoms with Crippen LogP contribution in [0.2, 0.25) is 0 Å². The van der Waals surface area contributed by atoms with Crippen molar-refractivity contribution in [3.8, 4) is 12.1 Å². The van der Waals surface area contributed by atoms with Gasteiger partial charge >= 0.3 is 66.0 Å². The molecule has 0 bridgehead atoms. The predicted molar refractivity (Wildman–Crippen MR) is 197 cm³/mol. The normalized spacial score (nSPS) is 14.0. The van der Waals surface area contributed by atoms with E-state index in [0.717, 1.165) is 35.2 Å². The average molecular weight is 861 g/mol. The molecule has 0 aliphatic heterocycles. The average Bonchev–Trinajstić information content (AvgIpc) is 3.63. The monoisotopic (exact) mass is 860 g/mol. The van der Waals surface area contributed by atoms with Crippen molar-refractivity contribution in [1.29, 1.82) is 10.5 Å². The van der Waals surface area contributed by atoms with Crippen molar-refractivity contribution >= 4 is 37.7 Å². The van der Waals surface area contributed by atoms with E-state index in [9.17, 15) is 60.9 Å². The Morgan fingerprint density at radius 1 is 0.448 bits per heavy atom. The quantitative estimate of drug-likeness (QED) is 0.0868. The summed E-state index contributed by atoms with van der Waals surface area (Å²) in [7, 11) is -21.3. The van der Waals surface area contributed by atoms with Gasteiger partial charge in [-0.25, -0.2) is 18.3 Å². The zero-order valence-electron chi connectivity index (χ0n) is 29.6. The van der Waals surface area contributed by atoms with E-state index < -0.39 is 15.6 Å². The second kappa shape index (κ2) is 14.5. The zero-order valence-corrected chi connectivity index (χ0v) is 31.4. The Labute approximate surface area is 322 Å². The summed E-state index contributed by atoms with van der Waals surface area (Å²) in [6.07, 6.45) is 4.38. The summed E-state index contributed by atoms with van der Waals surface area (Å²) in [6.45, 7) is 2.86. The fourth-order valence-corrected chi connectivity index (χ4v) is 6.09. The fraction of sp³-hybridized carbons (Fsp3) is 0.105. The SMILES string of the molecule is F[P-](F)(F)(F)(F)F.F[P-](F)(F)(F)(F)F.N#Cc1cccc(C[n+]2cn(Cc3ccccc3Cn3c[n+](Cc4cccc(C#N)c4)c4ccccc43)c3ccccc32)c1. The second-order valence-electron chi connectivity index (χ2n) is 13.0. The van der Waals surface area contributed by atoms with Crippen LogP contribution in [-0.2, 0) is 26.2 Å². The summed E-state index contributed by atoms with van der Waals surface area (Å²) in [5.74, 6) is 0. The first-order valence-electron chi connectivity index (χ1n) is 16.7. The van der Waals surface area contributed by atoms with Gasteiger partial charge < -0.3 is 0 Å². The van der Waals surface area contributed by atoms with E-state index in [1.165, 1.54) is 22.2 Å². The summed E-state index contributed by atoms with van der Waals surface area (Å²) in [5.41, 5.74) is 10.7. The van der Waals surface area contributed by atoms with E-state index in [1.54, 1.807) is 0 Å². The van der Waals surface area contributed by atoms with Crippen LogP contribution in [-0.4, -0.2) is 9.13 Å². The minimum absolute atomic E-state index is 0.676. The summed E-state index contributed by atoms with van der Waals surface area (Å²) >= 11 is 0. The Balaban J connectivity index is 0.000000393. The fourth-order valence-electron chi connectivity index (χ4n) is 6.09. The van der Waals surface area contributed by atoms with Gasteiger partial charge in [-0.15, -0.1) is 0 Å². The van der Waals surface area contributed by atoms with Crippen LogP contribution in [0.1, 0.15) is 33.4 Å². The third-order valence-corrected chi connectivity index (χ3v) is 8.18. The van der Waals surface area contributed by atoms with Gasteiger partial charge in [0.2, 0.25) is 12.7 Å². The van der Waals surface area contributed by atoms with E-state index in [0.29, 0.717) is 24.2 Å². The molecule has 0 unspecified atom stereocenters. The van der Waals surface area contributed by atoms with Crippen LogP contribution in [0.5, 0.6) is 0 Å². The molecule has 6 nitrogen and oxygen atoms in total. The number of para-hydroxylation sites is 4. The molecule has 0 fully saturated rings. The van der Waals surface area contributed by atoms with E-state index in [-0.39, 0.29) is 0 Å². The second-order valence-corrected chi connectivity index (χ2v) is 16.9. The maximum Gasteiger partial charge on any atom is 0.245 e. The van der Waals surface area contributed by atoms with Crippen molar-refractivity contribution in [2.75, 3.05) is 0 Å². The zero-order chi connectivity index (χ0) is 42.7. The van der Waals surface area contributed by atoms with Gasteiger partial charge in [0.15, 0.2) is 22.1 Å². The van der Waals surface area contributed by atoms with Gasteiger partial charge in [0.05, 0.1) is 23.3 Å². The van der Waals surface area contributed by atoms with Crippen molar-refractivity contribution in [1.82, 2.24) is 9.13 Å². The molecule has 0 amide bonds. The Kier molecular flexibility index (Phi) is 10.8. The molecular weight excluding hydrogens is 830 g/mol. The van der Waals surface area contributed by atoms with E-state index in [1.807, 2.05) is 36.4 Å². The minimum Gasteiger partial charge on any atom is -0.226 e. The molecule has 5 aromatic carbocycles. The van der Waals surface area contributed by atoms with Gasteiger partial charge in [0.25, 0.3) is 0 Å². The maximum atomic E-state index is 9.87. The van der Waals surface area contributed by atoms with Gasteiger partial charge in [-0.2, -0.15) is 10.5 Å². The van der Waals surface area contributed by atoms with Crippen molar-refractivity contribution in [2.24, 2.45) is 0 Å². The Hall–Kier alpha value is -5.96. The molecular formula is C38H30F12N6P2. The number of rotatable bonds is 8. The van der Waals surface area contributed by atoms with Crippen LogP contribution in [0.4, 0.5) is 50.4 Å². The molecule has 0 radical (unpaired) electrons. The molecule has 0 N–H and O–H groups in total. The number of hydrogen-bond donors (Lipinski definition) is 0. The number of nitrogens with zero attached hydrogens (tertiary/aromatic N) is 6. The molecule has 7 rings (SSSR count). The summed E-state index contributed by atoms with van der Waals surface area (Å²) in [5, 5.41) is 18.7. The van der Waals surface area contributed by atoms with Crippen LogP contribution in [0.15, 0.2) is 134 Å². The summed E-state index contributed by atoms with van der Waals surface area (Å²) < 4.78 is 128. The van der Waals surface area contributed by atoms with Gasteiger partial charge in [0, 0.05) is 11.1 Å². The molecule has 0 aliphatic carbocycles. The van der Waals surface area contributed by atoms with Gasteiger partial charge in [-0.1, -0.05) is 72.8 Å². The minimum atomic E-state index is -10.7. The van der Waals surface area contributed by atoms with Gasteiger partial charge in [-0.3, -0.25) is 0 Å². The first-order chi connectivity index (χ1) is 26.6. The smallest absolute Gasteiger partial charge is 0.226 e. The molecule has 0 saturated carbocycles. The Morgan fingerprint density at radius 2 is 0.776 bits per heavy atom. The third kappa shape index (κ3) is 14.5. The first kappa shape index (κ1) is 43.2. The van der Waals surface area contributed by atoms with Gasteiger partial charge in [0.1, 0.15) is 26.2 Å². The standard InChI is InChI=1S/C38H30N6.2F6P/c39-21-29-9-7-11-31(19-29)23-41-27-43(37-17-5-3-15-35(37)41)25-33-13-1-2-14-34(33)26-44-28-42(36-16-4-6-18-38(36)44)24-32-12-8-10-30(20-32)22-40;2*1-7(2,3,4,5)6/h1-20,27-28H,23-26H2;;/q+2;2*-1. The molecule has 2 aromatic heterocycles. The topological polar surface area (TPSA) is 65.2 Å². The molecule has 2 heterocycles. The predicted octanol–water partition coefficient (Wildman–Crippen LogP) is 12.9. The number of imidazole rings is 2. The van der Waals surface area contributed by atoms with Crippen molar-refractivity contribution in [3.63, 3.8) is 0 Å². The number of halogens is 12. The van der Waals surface area contributed by atoms with E-state index in [2.05, 4.69) is 128 Å². The number of benzene rings is 5. The molecule has 306 valence electrons. The number of hydrogen-bond acceptors (Lipinski definition) is 2. The van der Waals surface area contributed by atoms with Crippen LogP contribution in [0.3, 0.4) is 0 Å². The molecule has 0 saturated heterocycles. The molecule has 58 heavy (non-hydrogen) atoms. The van der Waals surface area contributed by atoms with Crippen LogP contribution >= 0.6 is 15.6 Å². The molecule has 0 aliphatic rings. The van der Waals surface area contributed by atoms with Crippen LogP contribution in [0, 0.1) is 22.7 Å². The number of nitriles is 2. The number of fused-ring (bicyclic) bond motifs is 2. The van der Waals surface area contributed by atoms with Crippen molar-refractivity contribution in [2.45, 2.75) is 26.2 Å². The van der Waals surface area contributed by atoms with E-state index >= 15 is 0 Å². The Morgan fingerprint density at radius 3 is 1.12 bits per heavy atom. The van der Waals surface area contributed by atoms with Gasteiger partial charge in [-0.05, 0) is 59.7 Å². The molecule has 7 aromatic rings. The maximum absolute atomic E-state index is 10.7. The largest absolute Gasteiger partial charge is 0.245 e. The first-order valence-corrected chi connectivity index (χ1v) is 20.8. The van der Waals surface area contributed by atoms with Crippen LogP contribution < -0.4 is 9.13 Å². The molecule has 0 atom stereocenters. The molecule has 20 heteroatoms. The number of aromatic nitrogens is 4. The molecule has 0 spiro atoms. The summed E-state index contributed by atoms with van der Waals surface area (Å²) in [4.78, 5) is 0. The summed E-state index contributed by atoms with van der Waals surface area (Å²) in [6, 6.07) is 45.8. The van der Waals surface area contributed by atoms with E-state index in [4.69, 9.17) is 0 Å².